The Morgan fingerprint density at radius 1 is 1.03 bits per heavy atom. The van der Waals surface area contributed by atoms with Crippen LogP contribution in [0.2, 0.25) is 0 Å². The van der Waals surface area contributed by atoms with Crippen molar-refractivity contribution in [2.75, 3.05) is 32.7 Å². The zero-order valence-electron chi connectivity index (χ0n) is 18.9. The number of amides is 2. The molecular weight excluding hydrogens is 442 g/mol. The molecule has 8 nitrogen and oxygen atoms in total. The number of furan rings is 1. The average molecular weight is 474 g/mol. The van der Waals surface area contributed by atoms with Crippen LogP contribution in [0, 0.1) is 18.8 Å². The van der Waals surface area contributed by atoms with E-state index in [1.807, 2.05) is 11.8 Å². The van der Waals surface area contributed by atoms with Gasteiger partial charge in [-0.05, 0) is 56.7 Å². The fourth-order valence-corrected chi connectivity index (χ4v) is 5.73. The van der Waals surface area contributed by atoms with E-state index in [0.29, 0.717) is 51.1 Å². The van der Waals surface area contributed by atoms with E-state index in [4.69, 9.17) is 4.42 Å². The van der Waals surface area contributed by atoms with Crippen LogP contribution in [-0.2, 0) is 14.8 Å². The quantitative estimate of drug-likeness (QED) is 0.695. The first-order valence-corrected chi connectivity index (χ1v) is 13.0. The highest BCUT2D eigenvalue weighted by Gasteiger charge is 2.33. The predicted molar refractivity (Wildman–Crippen MR) is 123 cm³/mol. The van der Waals surface area contributed by atoms with Gasteiger partial charge in [-0.2, -0.15) is 0 Å². The van der Waals surface area contributed by atoms with E-state index in [0.717, 1.165) is 18.4 Å². The molecule has 3 heterocycles. The number of benzene rings is 1. The zero-order valence-corrected chi connectivity index (χ0v) is 19.7. The van der Waals surface area contributed by atoms with Crippen molar-refractivity contribution < 1.29 is 22.4 Å². The first-order chi connectivity index (χ1) is 15.8. The molecule has 178 valence electrons. The fraction of sp³-hybridized carbons (Fsp3) is 0.500. The molecule has 2 amide bonds. The summed E-state index contributed by atoms with van der Waals surface area (Å²) in [7, 11) is -3.57. The molecule has 0 bridgehead atoms. The van der Waals surface area contributed by atoms with Crippen LogP contribution in [0.15, 0.2) is 52.2 Å². The number of sulfonamides is 1. The van der Waals surface area contributed by atoms with Gasteiger partial charge in [0.15, 0.2) is 0 Å². The van der Waals surface area contributed by atoms with E-state index in [2.05, 4.69) is 4.72 Å². The molecule has 1 aromatic heterocycles. The van der Waals surface area contributed by atoms with Crippen LogP contribution in [0.5, 0.6) is 0 Å². The SMILES string of the molecule is Cc1ccc(S(=O)(=O)NCC2CCCN(C(=O)C3CCN(C(=O)c4ccoc4)CC3)C2)cc1. The molecule has 33 heavy (non-hydrogen) atoms. The minimum Gasteiger partial charge on any atom is -0.472 e. The minimum atomic E-state index is -3.57. The van der Waals surface area contributed by atoms with Gasteiger partial charge in [0, 0.05) is 38.6 Å². The van der Waals surface area contributed by atoms with Gasteiger partial charge in [0.2, 0.25) is 15.9 Å². The van der Waals surface area contributed by atoms with Crippen LogP contribution >= 0.6 is 0 Å². The second-order valence-corrected chi connectivity index (χ2v) is 10.8. The lowest BCUT2D eigenvalue weighted by Crippen LogP contribution is -2.48. The molecule has 0 spiro atoms. The summed E-state index contributed by atoms with van der Waals surface area (Å²) in [6.45, 7) is 4.59. The summed E-state index contributed by atoms with van der Waals surface area (Å²) in [5, 5.41) is 0. The number of nitrogens with one attached hydrogen (secondary N) is 1. The second-order valence-electron chi connectivity index (χ2n) is 9.04. The molecule has 2 fully saturated rings. The average Bonchev–Trinajstić information content (AvgIpc) is 3.38. The highest BCUT2D eigenvalue weighted by molar-refractivity contribution is 7.89. The van der Waals surface area contributed by atoms with Gasteiger partial charge in [0.25, 0.3) is 5.91 Å². The number of nitrogens with zero attached hydrogens (tertiary/aromatic N) is 2. The molecule has 0 radical (unpaired) electrons. The molecular formula is C24H31N3O5S. The van der Waals surface area contributed by atoms with Crippen molar-refractivity contribution in [2.45, 2.75) is 37.5 Å². The maximum absolute atomic E-state index is 13.1. The van der Waals surface area contributed by atoms with Crippen molar-refractivity contribution >= 4 is 21.8 Å². The monoisotopic (exact) mass is 473 g/mol. The van der Waals surface area contributed by atoms with Gasteiger partial charge in [0.1, 0.15) is 6.26 Å². The molecule has 1 aromatic carbocycles. The van der Waals surface area contributed by atoms with Crippen molar-refractivity contribution in [2.24, 2.45) is 11.8 Å². The summed E-state index contributed by atoms with van der Waals surface area (Å²) < 4.78 is 32.9. The minimum absolute atomic E-state index is 0.0615. The molecule has 0 saturated carbocycles. The number of rotatable bonds is 6. The van der Waals surface area contributed by atoms with Gasteiger partial charge in [0.05, 0.1) is 16.7 Å². The first-order valence-electron chi connectivity index (χ1n) is 11.5. The Morgan fingerprint density at radius 3 is 2.42 bits per heavy atom. The van der Waals surface area contributed by atoms with Crippen molar-refractivity contribution in [1.82, 2.24) is 14.5 Å². The highest BCUT2D eigenvalue weighted by atomic mass is 32.2. The number of likely N-dealkylation sites (tertiary alicyclic amines) is 2. The molecule has 9 heteroatoms. The Bertz CT molecular complexity index is 1060. The molecule has 1 N–H and O–H groups in total. The smallest absolute Gasteiger partial charge is 0.257 e. The van der Waals surface area contributed by atoms with E-state index in [1.165, 1.54) is 12.5 Å². The van der Waals surface area contributed by atoms with Crippen LogP contribution in [0.3, 0.4) is 0 Å². The van der Waals surface area contributed by atoms with Gasteiger partial charge in [-0.15, -0.1) is 0 Å². The summed E-state index contributed by atoms with van der Waals surface area (Å²) in [5.41, 5.74) is 1.54. The van der Waals surface area contributed by atoms with Crippen molar-refractivity contribution in [1.29, 1.82) is 0 Å². The van der Waals surface area contributed by atoms with Crippen molar-refractivity contribution in [3.63, 3.8) is 0 Å². The Kier molecular flexibility index (Phi) is 7.19. The molecule has 4 rings (SSSR count). The fourth-order valence-electron chi connectivity index (χ4n) is 4.62. The van der Waals surface area contributed by atoms with E-state index in [-0.39, 0.29) is 28.5 Å². The van der Waals surface area contributed by atoms with Gasteiger partial charge in [-0.25, -0.2) is 13.1 Å². The molecule has 1 atom stereocenters. The van der Waals surface area contributed by atoms with Crippen molar-refractivity contribution in [3.8, 4) is 0 Å². The summed E-state index contributed by atoms with van der Waals surface area (Å²) in [5.74, 6) is 0.0529. The summed E-state index contributed by atoms with van der Waals surface area (Å²) in [6, 6.07) is 8.43. The Balaban J connectivity index is 1.27. The van der Waals surface area contributed by atoms with Crippen LogP contribution in [0.4, 0.5) is 0 Å². The first kappa shape index (κ1) is 23.5. The summed E-state index contributed by atoms with van der Waals surface area (Å²) >= 11 is 0. The molecule has 2 aliphatic heterocycles. The Labute approximate surface area is 195 Å². The molecule has 0 aliphatic carbocycles. The maximum atomic E-state index is 13.1. The lowest BCUT2D eigenvalue weighted by molar-refractivity contribution is -0.138. The van der Waals surface area contributed by atoms with E-state index < -0.39 is 10.0 Å². The molecule has 2 aromatic rings. The van der Waals surface area contributed by atoms with Gasteiger partial charge >= 0.3 is 0 Å². The van der Waals surface area contributed by atoms with Gasteiger partial charge in [-0.3, -0.25) is 9.59 Å². The topological polar surface area (TPSA) is 99.9 Å². The van der Waals surface area contributed by atoms with E-state index in [9.17, 15) is 18.0 Å². The number of carbonyl (C=O) groups excluding carboxylic acids is 2. The Hall–Kier alpha value is -2.65. The predicted octanol–water partition coefficient (Wildman–Crippen LogP) is 2.66. The van der Waals surface area contributed by atoms with Gasteiger partial charge in [-0.1, -0.05) is 17.7 Å². The summed E-state index contributed by atoms with van der Waals surface area (Å²) in [6.07, 6.45) is 5.96. The van der Waals surface area contributed by atoms with Crippen LogP contribution in [0.25, 0.3) is 0 Å². The standard InChI is InChI=1S/C24H31N3O5S/c1-18-4-6-22(7-5-18)33(30,31)25-15-19-3-2-11-27(16-19)23(28)20-8-12-26(13-9-20)24(29)21-10-14-32-17-21/h4-7,10,14,17,19-20,25H,2-3,8-9,11-13,15-16H2,1H3. The second kappa shape index (κ2) is 10.1. The van der Waals surface area contributed by atoms with E-state index in [1.54, 1.807) is 35.2 Å². The largest absolute Gasteiger partial charge is 0.472 e. The van der Waals surface area contributed by atoms with Crippen LogP contribution in [0.1, 0.15) is 41.6 Å². The van der Waals surface area contributed by atoms with E-state index >= 15 is 0 Å². The zero-order chi connectivity index (χ0) is 23.4. The lowest BCUT2D eigenvalue weighted by Gasteiger charge is -2.37. The van der Waals surface area contributed by atoms with Crippen molar-refractivity contribution in [3.05, 3.63) is 54.0 Å². The molecule has 2 saturated heterocycles. The number of hydrogen-bond donors (Lipinski definition) is 1. The third kappa shape index (κ3) is 5.65. The normalized spacial score (nSPS) is 20.1. The third-order valence-electron chi connectivity index (χ3n) is 6.62. The lowest BCUT2D eigenvalue weighted by atomic mass is 9.92. The summed E-state index contributed by atoms with van der Waals surface area (Å²) in [4.78, 5) is 29.5. The Morgan fingerprint density at radius 2 is 1.76 bits per heavy atom. The number of aryl methyl sites for hydroxylation is 1. The third-order valence-corrected chi connectivity index (χ3v) is 8.06. The number of hydrogen-bond acceptors (Lipinski definition) is 5. The van der Waals surface area contributed by atoms with Crippen LogP contribution < -0.4 is 4.72 Å². The number of carbonyl (C=O) groups is 2. The highest BCUT2D eigenvalue weighted by Crippen LogP contribution is 2.25. The maximum Gasteiger partial charge on any atom is 0.257 e. The molecule has 1 unspecified atom stereocenters. The number of piperidine rings is 2. The van der Waals surface area contributed by atoms with Crippen LogP contribution in [-0.4, -0.2) is 62.8 Å². The van der Waals surface area contributed by atoms with Gasteiger partial charge < -0.3 is 14.2 Å². The molecule has 2 aliphatic rings.